The first-order valence-electron chi connectivity index (χ1n) is 8.14. The summed E-state index contributed by atoms with van der Waals surface area (Å²) in [5.74, 6) is -2.48. The molecule has 24 heavy (non-hydrogen) atoms. The Hall–Kier alpha value is -2.37. The smallest absolute Gasteiger partial charge is 0.303 e. The second kappa shape index (κ2) is 10.4. The first kappa shape index (κ1) is 19.7. The number of hydrogen-bond acceptors (Lipinski definition) is 3. The molecule has 6 heteroatoms. The summed E-state index contributed by atoms with van der Waals surface area (Å²) in [6, 6.07) is 5.90. The van der Waals surface area contributed by atoms with Crippen molar-refractivity contribution in [2.75, 3.05) is 0 Å². The zero-order valence-corrected chi connectivity index (χ0v) is 13.7. The third kappa shape index (κ3) is 8.31. The fraction of sp³-hybridized carbons (Fsp3) is 0.500. The van der Waals surface area contributed by atoms with Crippen LogP contribution in [0.1, 0.15) is 55.2 Å². The second-order valence-corrected chi connectivity index (χ2v) is 5.84. The lowest BCUT2D eigenvalue weighted by Crippen LogP contribution is -2.02. The van der Waals surface area contributed by atoms with E-state index in [2.05, 4.69) is 0 Å². The van der Waals surface area contributed by atoms with Gasteiger partial charge in [0.15, 0.2) is 0 Å². The summed E-state index contributed by atoms with van der Waals surface area (Å²) in [7, 11) is 0. The van der Waals surface area contributed by atoms with Crippen molar-refractivity contribution in [2.24, 2.45) is 0 Å². The Labute approximate surface area is 141 Å². The molecule has 0 heterocycles. The largest absolute Gasteiger partial charge is 0.481 e. The van der Waals surface area contributed by atoms with E-state index in [9.17, 15) is 14.4 Å². The highest BCUT2D eigenvalue weighted by atomic mass is 16.4. The summed E-state index contributed by atoms with van der Waals surface area (Å²) < 4.78 is 0. The molecule has 1 rings (SSSR count). The first-order valence-corrected chi connectivity index (χ1v) is 8.14. The molecular weight excluding hydrogens is 312 g/mol. The topological polar surface area (TPSA) is 112 Å². The van der Waals surface area contributed by atoms with Gasteiger partial charge in [-0.15, -0.1) is 0 Å². The average Bonchev–Trinajstić information content (AvgIpc) is 2.48. The van der Waals surface area contributed by atoms with Crippen LogP contribution in [0.4, 0.5) is 0 Å². The summed E-state index contributed by atoms with van der Waals surface area (Å²) in [5, 5.41) is 26.2. The van der Waals surface area contributed by atoms with Gasteiger partial charge in [0.1, 0.15) is 0 Å². The van der Waals surface area contributed by atoms with Crippen LogP contribution in [0.3, 0.4) is 0 Å². The van der Waals surface area contributed by atoms with Crippen LogP contribution in [0, 0.1) is 0 Å². The van der Waals surface area contributed by atoms with Crippen molar-refractivity contribution in [3.8, 4) is 0 Å². The van der Waals surface area contributed by atoms with E-state index in [1.165, 1.54) is 0 Å². The highest BCUT2D eigenvalue weighted by molar-refractivity contribution is 5.67. The van der Waals surface area contributed by atoms with Crippen LogP contribution in [-0.4, -0.2) is 33.2 Å². The minimum absolute atomic E-state index is 0.0950. The molecule has 3 N–H and O–H groups in total. The molecular formula is C18H24O6. The third-order valence-electron chi connectivity index (χ3n) is 3.80. The summed E-state index contributed by atoms with van der Waals surface area (Å²) in [4.78, 5) is 31.9. The number of carboxylic acid groups (broad SMARTS) is 3. The summed E-state index contributed by atoms with van der Waals surface area (Å²) in [5.41, 5.74) is 3.11. The molecule has 0 aliphatic rings. The molecule has 0 spiro atoms. The van der Waals surface area contributed by atoms with Crippen molar-refractivity contribution in [2.45, 2.75) is 57.8 Å². The van der Waals surface area contributed by atoms with Crippen LogP contribution < -0.4 is 0 Å². The molecule has 1 aromatic carbocycles. The van der Waals surface area contributed by atoms with E-state index in [1.807, 2.05) is 18.2 Å². The number of aryl methyl sites for hydroxylation is 3. The van der Waals surface area contributed by atoms with E-state index in [4.69, 9.17) is 15.3 Å². The minimum Gasteiger partial charge on any atom is -0.481 e. The molecule has 0 fully saturated rings. The van der Waals surface area contributed by atoms with Crippen LogP contribution in [0.25, 0.3) is 0 Å². The van der Waals surface area contributed by atoms with Crippen molar-refractivity contribution in [1.82, 2.24) is 0 Å². The Kier molecular flexibility index (Phi) is 8.54. The maximum Gasteiger partial charge on any atom is 0.303 e. The van der Waals surface area contributed by atoms with E-state index in [1.54, 1.807) is 0 Å². The van der Waals surface area contributed by atoms with Gasteiger partial charge in [0.05, 0.1) is 0 Å². The van der Waals surface area contributed by atoms with Gasteiger partial charge in [0, 0.05) is 19.3 Å². The van der Waals surface area contributed by atoms with Crippen molar-refractivity contribution >= 4 is 17.9 Å². The zero-order chi connectivity index (χ0) is 17.9. The molecule has 0 amide bonds. The third-order valence-corrected chi connectivity index (χ3v) is 3.80. The van der Waals surface area contributed by atoms with E-state index >= 15 is 0 Å². The monoisotopic (exact) mass is 336 g/mol. The molecule has 0 aliphatic carbocycles. The van der Waals surface area contributed by atoms with Gasteiger partial charge >= 0.3 is 17.9 Å². The summed E-state index contributed by atoms with van der Waals surface area (Å²) in [6.45, 7) is 0. The molecule has 132 valence electrons. The lowest BCUT2D eigenvalue weighted by molar-refractivity contribution is -0.138. The van der Waals surface area contributed by atoms with E-state index in [0.717, 1.165) is 16.7 Å². The van der Waals surface area contributed by atoms with Crippen LogP contribution in [0.2, 0.25) is 0 Å². The van der Waals surface area contributed by atoms with Crippen molar-refractivity contribution in [3.05, 3.63) is 34.9 Å². The van der Waals surface area contributed by atoms with Gasteiger partial charge in [-0.2, -0.15) is 0 Å². The van der Waals surface area contributed by atoms with Gasteiger partial charge in [-0.3, -0.25) is 14.4 Å². The molecule has 0 atom stereocenters. The van der Waals surface area contributed by atoms with Crippen molar-refractivity contribution < 1.29 is 29.7 Å². The number of carbonyl (C=O) groups is 3. The van der Waals surface area contributed by atoms with Gasteiger partial charge in [0.2, 0.25) is 0 Å². The SMILES string of the molecule is O=C(O)CCCc1ccc(CCCC(=O)O)c(CCCC(=O)O)c1. The van der Waals surface area contributed by atoms with Crippen LogP contribution >= 0.6 is 0 Å². The van der Waals surface area contributed by atoms with E-state index < -0.39 is 17.9 Å². The number of rotatable bonds is 12. The molecule has 0 bridgehead atoms. The molecule has 0 radical (unpaired) electrons. The summed E-state index contributed by atoms with van der Waals surface area (Å²) >= 11 is 0. The predicted octanol–water partition coefficient (Wildman–Crippen LogP) is 2.91. The van der Waals surface area contributed by atoms with Crippen molar-refractivity contribution in [3.63, 3.8) is 0 Å². The van der Waals surface area contributed by atoms with Gasteiger partial charge in [-0.25, -0.2) is 0 Å². The number of benzene rings is 1. The van der Waals surface area contributed by atoms with Gasteiger partial charge in [-0.05, 0) is 55.2 Å². The Morgan fingerprint density at radius 3 is 1.62 bits per heavy atom. The molecule has 1 aromatic rings. The van der Waals surface area contributed by atoms with E-state index in [-0.39, 0.29) is 19.3 Å². The van der Waals surface area contributed by atoms with Gasteiger partial charge < -0.3 is 15.3 Å². The van der Waals surface area contributed by atoms with Crippen molar-refractivity contribution in [1.29, 1.82) is 0 Å². The number of carboxylic acids is 3. The molecule has 0 aromatic heterocycles. The lowest BCUT2D eigenvalue weighted by atomic mass is 9.94. The number of hydrogen-bond donors (Lipinski definition) is 3. The zero-order valence-electron chi connectivity index (χ0n) is 13.7. The highest BCUT2D eigenvalue weighted by Crippen LogP contribution is 2.19. The molecule has 0 saturated carbocycles. The molecule has 0 saturated heterocycles. The molecule has 0 unspecified atom stereocenters. The molecule has 0 aliphatic heterocycles. The first-order chi connectivity index (χ1) is 11.4. The van der Waals surface area contributed by atoms with Gasteiger partial charge in [0.25, 0.3) is 0 Å². The second-order valence-electron chi connectivity index (χ2n) is 5.84. The normalized spacial score (nSPS) is 10.5. The lowest BCUT2D eigenvalue weighted by Gasteiger charge is -2.12. The van der Waals surface area contributed by atoms with Crippen LogP contribution in [0.15, 0.2) is 18.2 Å². The standard InChI is InChI=1S/C18H24O6/c19-16(20)7-1-4-13-10-11-14(5-2-8-17(21)22)15(12-13)6-3-9-18(23)24/h10-12H,1-9H2,(H,19,20)(H,21,22)(H,23,24). The molecule has 6 nitrogen and oxygen atoms in total. The van der Waals surface area contributed by atoms with Gasteiger partial charge in [-0.1, -0.05) is 18.2 Å². The fourth-order valence-corrected chi connectivity index (χ4v) is 2.62. The van der Waals surface area contributed by atoms with E-state index in [0.29, 0.717) is 38.5 Å². The quantitative estimate of drug-likeness (QED) is 0.541. The highest BCUT2D eigenvalue weighted by Gasteiger charge is 2.08. The summed E-state index contributed by atoms with van der Waals surface area (Å²) in [6.07, 6.45) is 3.88. The number of aliphatic carboxylic acids is 3. The Morgan fingerprint density at radius 2 is 1.12 bits per heavy atom. The van der Waals surface area contributed by atoms with Crippen LogP contribution in [-0.2, 0) is 33.6 Å². The average molecular weight is 336 g/mol. The Morgan fingerprint density at radius 1 is 0.667 bits per heavy atom. The van der Waals surface area contributed by atoms with Crippen LogP contribution in [0.5, 0.6) is 0 Å². The minimum atomic E-state index is -0.833. The predicted molar refractivity (Wildman–Crippen MR) is 88.2 cm³/mol. The Balaban J connectivity index is 2.73. The fourth-order valence-electron chi connectivity index (χ4n) is 2.62. The maximum atomic E-state index is 10.7. The Bertz CT molecular complexity index is 579. The maximum absolute atomic E-state index is 10.7.